The van der Waals surface area contributed by atoms with Crippen molar-refractivity contribution in [2.75, 3.05) is 31.2 Å². The van der Waals surface area contributed by atoms with Gasteiger partial charge in [-0.2, -0.15) is 0 Å². The summed E-state index contributed by atoms with van der Waals surface area (Å²) in [6.45, 7) is 3.17. The van der Waals surface area contributed by atoms with Crippen LogP contribution in [-0.2, 0) is 16.0 Å². The maximum absolute atomic E-state index is 12.4. The number of aromatic nitrogens is 2. The lowest BCUT2D eigenvalue weighted by Crippen LogP contribution is -2.38. The largest absolute Gasteiger partial charge is 0.378 e. The second kappa shape index (κ2) is 7.68. The lowest BCUT2D eigenvalue weighted by Gasteiger charge is -2.30. The summed E-state index contributed by atoms with van der Waals surface area (Å²) in [5.41, 5.74) is 2.22. The van der Waals surface area contributed by atoms with Crippen LogP contribution in [0.15, 0.2) is 6.20 Å². The summed E-state index contributed by atoms with van der Waals surface area (Å²) < 4.78 is 5.40. The topological polar surface area (TPSA) is 67.4 Å². The highest BCUT2D eigenvalue weighted by Gasteiger charge is 2.26. The average molecular weight is 344 g/mol. The number of hydrogen-bond acceptors (Lipinski definition) is 5. The Labute approximate surface area is 149 Å². The number of nitrogens with zero attached hydrogens (tertiary/aromatic N) is 3. The molecule has 0 bridgehead atoms. The van der Waals surface area contributed by atoms with Crippen molar-refractivity contribution < 1.29 is 9.53 Å². The number of amides is 1. The van der Waals surface area contributed by atoms with Gasteiger partial charge in [0, 0.05) is 31.3 Å². The normalized spacial score (nSPS) is 24.2. The summed E-state index contributed by atoms with van der Waals surface area (Å²) >= 11 is 0. The first-order valence-corrected chi connectivity index (χ1v) is 9.77. The van der Waals surface area contributed by atoms with Gasteiger partial charge in [-0.3, -0.25) is 4.79 Å². The van der Waals surface area contributed by atoms with Gasteiger partial charge in [-0.1, -0.05) is 12.8 Å². The fourth-order valence-corrected chi connectivity index (χ4v) is 4.33. The highest BCUT2D eigenvalue weighted by molar-refractivity contribution is 5.76. The molecule has 1 aliphatic heterocycles. The molecule has 0 radical (unpaired) electrons. The first-order valence-electron chi connectivity index (χ1n) is 9.77. The molecule has 1 saturated heterocycles. The van der Waals surface area contributed by atoms with E-state index in [0.717, 1.165) is 62.8 Å². The first-order chi connectivity index (χ1) is 12.3. The van der Waals surface area contributed by atoms with Gasteiger partial charge >= 0.3 is 0 Å². The summed E-state index contributed by atoms with van der Waals surface area (Å²) in [5, 5.41) is 3.25. The predicted molar refractivity (Wildman–Crippen MR) is 95.5 cm³/mol. The number of aryl methyl sites for hydroxylation is 1. The minimum absolute atomic E-state index is 0.0800. The van der Waals surface area contributed by atoms with Crippen molar-refractivity contribution in [3.8, 4) is 0 Å². The van der Waals surface area contributed by atoms with Crippen molar-refractivity contribution in [2.24, 2.45) is 5.92 Å². The average Bonchev–Trinajstić information content (AvgIpc) is 3.15. The van der Waals surface area contributed by atoms with Gasteiger partial charge in [0.25, 0.3) is 0 Å². The van der Waals surface area contributed by atoms with Crippen molar-refractivity contribution in [2.45, 2.75) is 57.4 Å². The summed E-state index contributed by atoms with van der Waals surface area (Å²) in [6.07, 6.45) is 10.6. The van der Waals surface area contributed by atoms with Crippen molar-refractivity contribution >= 4 is 11.9 Å². The van der Waals surface area contributed by atoms with Gasteiger partial charge in [-0.15, -0.1) is 0 Å². The van der Waals surface area contributed by atoms with E-state index >= 15 is 0 Å². The van der Waals surface area contributed by atoms with Gasteiger partial charge in [0.05, 0.1) is 24.9 Å². The van der Waals surface area contributed by atoms with E-state index in [1.807, 2.05) is 6.20 Å². The van der Waals surface area contributed by atoms with E-state index in [1.165, 1.54) is 25.7 Å². The van der Waals surface area contributed by atoms with Crippen molar-refractivity contribution in [1.82, 2.24) is 15.3 Å². The molecule has 25 heavy (non-hydrogen) atoms. The van der Waals surface area contributed by atoms with Gasteiger partial charge in [0.1, 0.15) is 0 Å². The van der Waals surface area contributed by atoms with E-state index in [1.54, 1.807) is 0 Å². The number of morpholine rings is 1. The van der Waals surface area contributed by atoms with Crippen molar-refractivity contribution in [3.63, 3.8) is 0 Å². The molecule has 3 aliphatic rings. The van der Waals surface area contributed by atoms with Gasteiger partial charge in [0.2, 0.25) is 11.9 Å². The van der Waals surface area contributed by atoms with Gasteiger partial charge in [-0.05, 0) is 38.0 Å². The fraction of sp³-hybridized carbons (Fsp3) is 0.737. The molecule has 2 heterocycles. The Morgan fingerprint density at radius 1 is 1.20 bits per heavy atom. The van der Waals surface area contributed by atoms with Crippen LogP contribution in [0.4, 0.5) is 5.95 Å². The third-order valence-corrected chi connectivity index (χ3v) is 5.75. The zero-order chi connectivity index (χ0) is 17.1. The zero-order valence-electron chi connectivity index (χ0n) is 14.9. The molecule has 2 aliphatic carbocycles. The minimum Gasteiger partial charge on any atom is -0.378 e. The van der Waals surface area contributed by atoms with Crippen LogP contribution in [0.1, 0.15) is 62.2 Å². The smallest absolute Gasteiger partial charge is 0.225 e. The highest BCUT2D eigenvalue weighted by atomic mass is 16.5. The number of carbonyl (C=O) groups excluding carboxylic acids is 1. The Hall–Kier alpha value is -1.69. The molecule has 6 heteroatoms. The second-order valence-corrected chi connectivity index (χ2v) is 7.54. The van der Waals surface area contributed by atoms with Gasteiger partial charge in [0.15, 0.2) is 0 Å². The number of carbonyl (C=O) groups is 1. The summed E-state index contributed by atoms with van der Waals surface area (Å²) in [7, 11) is 0. The van der Waals surface area contributed by atoms with Crippen LogP contribution >= 0.6 is 0 Å². The van der Waals surface area contributed by atoms with Gasteiger partial charge < -0.3 is 15.0 Å². The number of anilines is 1. The van der Waals surface area contributed by atoms with Gasteiger partial charge in [-0.25, -0.2) is 9.97 Å². The van der Waals surface area contributed by atoms with Crippen LogP contribution < -0.4 is 10.2 Å². The number of hydrogen-bond donors (Lipinski definition) is 1. The van der Waals surface area contributed by atoms with Crippen molar-refractivity contribution in [3.05, 3.63) is 17.5 Å². The van der Waals surface area contributed by atoms with Crippen LogP contribution in [-0.4, -0.2) is 42.2 Å². The SMILES string of the molecule is O=C(CC1CCCC1)N[C@@H]1CCCc2nc(N3CCOCC3)ncc21. The Morgan fingerprint density at radius 3 is 2.80 bits per heavy atom. The first kappa shape index (κ1) is 16.8. The minimum atomic E-state index is 0.0800. The Bertz CT molecular complexity index is 609. The molecule has 0 aromatic carbocycles. The lowest BCUT2D eigenvalue weighted by molar-refractivity contribution is -0.122. The van der Waals surface area contributed by atoms with E-state index in [9.17, 15) is 4.79 Å². The standard InChI is InChI=1S/C19H28N4O2/c24-18(12-14-4-1-2-5-14)21-16-6-3-7-17-15(16)13-20-19(22-17)23-8-10-25-11-9-23/h13-14,16H,1-12H2,(H,21,24)/t16-/m1/s1. The molecule has 0 spiro atoms. The van der Waals surface area contributed by atoms with Crippen molar-refractivity contribution in [1.29, 1.82) is 0 Å². The summed E-state index contributed by atoms with van der Waals surface area (Å²) in [4.78, 5) is 24.0. The molecule has 4 rings (SSSR count). The van der Waals surface area contributed by atoms with E-state index in [0.29, 0.717) is 12.3 Å². The van der Waals surface area contributed by atoms with Crippen LogP contribution in [0.3, 0.4) is 0 Å². The Kier molecular flexibility index (Phi) is 5.15. The summed E-state index contributed by atoms with van der Waals surface area (Å²) in [6, 6.07) is 0.0800. The summed E-state index contributed by atoms with van der Waals surface area (Å²) in [5.74, 6) is 1.59. The number of nitrogens with one attached hydrogen (secondary N) is 1. The second-order valence-electron chi connectivity index (χ2n) is 7.54. The molecule has 2 fully saturated rings. The molecule has 0 unspecified atom stereocenters. The lowest BCUT2D eigenvalue weighted by atomic mass is 9.92. The third-order valence-electron chi connectivity index (χ3n) is 5.75. The molecule has 1 aromatic heterocycles. The van der Waals surface area contributed by atoms with Crippen LogP contribution in [0.2, 0.25) is 0 Å². The fourth-order valence-electron chi connectivity index (χ4n) is 4.33. The molecule has 1 atom stereocenters. The molecule has 1 N–H and O–H groups in total. The Balaban J connectivity index is 1.43. The predicted octanol–water partition coefficient (Wildman–Crippen LogP) is 2.39. The molecular formula is C19H28N4O2. The number of rotatable bonds is 4. The zero-order valence-corrected chi connectivity index (χ0v) is 14.9. The maximum Gasteiger partial charge on any atom is 0.225 e. The molecule has 1 aromatic rings. The highest BCUT2D eigenvalue weighted by Crippen LogP contribution is 2.31. The quantitative estimate of drug-likeness (QED) is 0.908. The molecule has 1 saturated carbocycles. The third kappa shape index (κ3) is 3.94. The van der Waals surface area contributed by atoms with E-state index in [4.69, 9.17) is 9.72 Å². The molecule has 136 valence electrons. The van der Waals surface area contributed by atoms with E-state index < -0.39 is 0 Å². The number of fused-ring (bicyclic) bond motifs is 1. The number of ether oxygens (including phenoxy) is 1. The van der Waals surface area contributed by atoms with Crippen LogP contribution in [0.5, 0.6) is 0 Å². The van der Waals surface area contributed by atoms with Crippen LogP contribution in [0.25, 0.3) is 0 Å². The van der Waals surface area contributed by atoms with E-state index in [2.05, 4.69) is 15.2 Å². The maximum atomic E-state index is 12.4. The van der Waals surface area contributed by atoms with E-state index in [-0.39, 0.29) is 11.9 Å². The molecule has 6 nitrogen and oxygen atoms in total. The van der Waals surface area contributed by atoms with Crippen LogP contribution in [0, 0.1) is 5.92 Å². The molecule has 1 amide bonds. The molecular weight excluding hydrogens is 316 g/mol. The Morgan fingerprint density at radius 2 is 2.00 bits per heavy atom. The monoisotopic (exact) mass is 344 g/mol.